The van der Waals surface area contributed by atoms with Gasteiger partial charge in [-0.05, 0) is 79.9 Å². The van der Waals surface area contributed by atoms with Crippen LogP contribution in [0.25, 0.3) is 0 Å². The average Bonchev–Trinajstić information content (AvgIpc) is 2.67. The van der Waals surface area contributed by atoms with E-state index in [2.05, 4.69) is 11.4 Å². The zero-order chi connectivity index (χ0) is 19.9. The maximum Gasteiger partial charge on any atom is 0.265 e. The third-order valence-corrected chi connectivity index (χ3v) is 4.24. The van der Waals surface area contributed by atoms with Gasteiger partial charge in [-0.1, -0.05) is 31.2 Å². The highest BCUT2D eigenvalue weighted by molar-refractivity contribution is 5.94. The Hall–Kier alpha value is -3.27. The standard InChI is InChI=1S/C24H25NO3/c1-4-23(28-22-15-17(2)14-18(3)16-22)24(26)25-19-10-12-21(13-11-19)27-20-8-6-5-7-9-20/h5-16,23H,4H2,1-3H3,(H,25,26)/t23-/m0/s1. The largest absolute Gasteiger partial charge is 0.481 e. The Labute approximate surface area is 166 Å². The number of carbonyl (C=O) groups is 1. The highest BCUT2D eigenvalue weighted by Crippen LogP contribution is 2.23. The predicted octanol–water partition coefficient (Wildman–Crippen LogP) is 5.89. The first-order chi connectivity index (χ1) is 13.5. The molecule has 4 nitrogen and oxygen atoms in total. The van der Waals surface area contributed by atoms with Crippen molar-refractivity contribution in [3.05, 3.63) is 83.9 Å². The summed E-state index contributed by atoms with van der Waals surface area (Å²) in [7, 11) is 0. The average molecular weight is 375 g/mol. The summed E-state index contributed by atoms with van der Waals surface area (Å²) in [5, 5.41) is 2.91. The molecule has 144 valence electrons. The molecule has 0 aliphatic rings. The SMILES string of the molecule is CC[C@H](Oc1cc(C)cc(C)c1)C(=O)Nc1ccc(Oc2ccccc2)cc1. The lowest BCUT2D eigenvalue weighted by Gasteiger charge is -2.18. The van der Waals surface area contributed by atoms with Gasteiger partial charge >= 0.3 is 0 Å². The van der Waals surface area contributed by atoms with E-state index >= 15 is 0 Å². The number of amides is 1. The van der Waals surface area contributed by atoms with Crippen molar-refractivity contribution < 1.29 is 14.3 Å². The Balaban J connectivity index is 1.62. The number of carbonyl (C=O) groups excluding carboxylic acids is 1. The van der Waals surface area contributed by atoms with E-state index in [4.69, 9.17) is 9.47 Å². The van der Waals surface area contributed by atoms with Crippen molar-refractivity contribution in [2.45, 2.75) is 33.3 Å². The number of ether oxygens (including phenoxy) is 2. The summed E-state index contributed by atoms with van der Waals surface area (Å²) in [6.07, 6.45) is 0.0232. The lowest BCUT2D eigenvalue weighted by atomic mass is 10.1. The van der Waals surface area contributed by atoms with Crippen LogP contribution in [0.3, 0.4) is 0 Å². The van der Waals surface area contributed by atoms with Crippen molar-refractivity contribution >= 4 is 11.6 Å². The summed E-state index contributed by atoms with van der Waals surface area (Å²) in [5.41, 5.74) is 2.92. The maximum atomic E-state index is 12.6. The van der Waals surface area contributed by atoms with E-state index in [1.54, 1.807) is 0 Å². The second-order valence-corrected chi connectivity index (χ2v) is 6.77. The Kier molecular flexibility index (Phi) is 6.33. The van der Waals surface area contributed by atoms with E-state index in [9.17, 15) is 4.79 Å². The van der Waals surface area contributed by atoms with E-state index in [0.717, 1.165) is 16.9 Å². The zero-order valence-electron chi connectivity index (χ0n) is 16.4. The molecule has 1 atom stereocenters. The fraction of sp³-hybridized carbons (Fsp3) is 0.208. The van der Waals surface area contributed by atoms with Gasteiger partial charge in [0.15, 0.2) is 6.10 Å². The Morgan fingerprint density at radius 2 is 1.46 bits per heavy atom. The van der Waals surface area contributed by atoms with E-state index in [-0.39, 0.29) is 5.91 Å². The molecular formula is C24H25NO3. The van der Waals surface area contributed by atoms with Gasteiger partial charge in [0, 0.05) is 5.69 Å². The first-order valence-corrected chi connectivity index (χ1v) is 9.42. The van der Waals surface area contributed by atoms with Crippen molar-refractivity contribution in [1.82, 2.24) is 0 Å². The number of rotatable bonds is 7. The highest BCUT2D eigenvalue weighted by Gasteiger charge is 2.19. The van der Waals surface area contributed by atoms with Crippen LogP contribution in [0.2, 0.25) is 0 Å². The summed E-state index contributed by atoms with van der Waals surface area (Å²) in [4.78, 5) is 12.6. The summed E-state index contributed by atoms with van der Waals surface area (Å²) in [6, 6.07) is 22.8. The van der Waals surface area contributed by atoms with E-state index in [0.29, 0.717) is 23.6 Å². The lowest BCUT2D eigenvalue weighted by Crippen LogP contribution is -2.32. The molecule has 0 spiro atoms. The summed E-state index contributed by atoms with van der Waals surface area (Å²) in [5.74, 6) is 2.03. The normalized spacial score (nSPS) is 11.5. The van der Waals surface area contributed by atoms with Crippen molar-refractivity contribution in [1.29, 1.82) is 0 Å². The van der Waals surface area contributed by atoms with Gasteiger partial charge < -0.3 is 14.8 Å². The summed E-state index contributed by atoms with van der Waals surface area (Å²) < 4.78 is 11.7. The van der Waals surface area contributed by atoms with E-state index < -0.39 is 6.10 Å². The zero-order valence-corrected chi connectivity index (χ0v) is 16.4. The van der Waals surface area contributed by atoms with Crippen LogP contribution in [-0.2, 0) is 4.79 Å². The first-order valence-electron chi connectivity index (χ1n) is 9.42. The quantitative estimate of drug-likeness (QED) is 0.560. The molecule has 4 heteroatoms. The molecule has 0 heterocycles. The molecule has 3 aromatic carbocycles. The van der Waals surface area contributed by atoms with Crippen molar-refractivity contribution in [2.75, 3.05) is 5.32 Å². The van der Waals surface area contributed by atoms with Gasteiger partial charge in [-0.2, -0.15) is 0 Å². The van der Waals surface area contributed by atoms with Crippen LogP contribution in [0.5, 0.6) is 17.2 Å². The van der Waals surface area contributed by atoms with Gasteiger partial charge in [-0.3, -0.25) is 4.79 Å². The molecule has 0 aromatic heterocycles. The molecule has 3 rings (SSSR count). The number of aryl methyl sites for hydroxylation is 2. The minimum atomic E-state index is -0.554. The molecule has 1 N–H and O–H groups in total. The minimum absolute atomic E-state index is 0.168. The molecule has 0 fully saturated rings. The van der Waals surface area contributed by atoms with Crippen LogP contribution in [0, 0.1) is 13.8 Å². The summed E-state index contributed by atoms with van der Waals surface area (Å²) in [6.45, 7) is 5.96. The van der Waals surface area contributed by atoms with E-state index in [1.165, 1.54) is 0 Å². The highest BCUT2D eigenvalue weighted by atomic mass is 16.5. The molecule has 0 aliphatic carbocycles. The molecule has 3 aromatic rings. The van der Waals surface area contributed by atoms with Crippen LogP contribution in [-0.4, -0.2) is 12.0 Å². The van der Waals surface area contributed by atoms with Crippen molar-refractivity contribution in [3.63, 3.8) is 0 Å². The third kappa shape index (κ3) is 5.36. The van der Waals surface area contributed by atoms with Gasteiger partial charge in [0.1, 0.15) is 17.2 Å². The molecule has 1 amide bonds. The Morgan fingerprint density at radius 3 is 2.07 bits per heavy atom. The van der Waals surface area contributed by atoms with Gasteiger partial charge in [0.25, 0.3) is 5.91 Å². The number of benzene rings is 3. The molecule has 0 radical (unpaired) electrons. The molecule has 0 aliphatic heterocycles. The van der Waals surface area contributed by atoms with Crippen LogP contribution in [0.1, 0.15) is 24.5 Å². The maximum absolute atomic E-state index is 12.6. The Bertz CT molecular complexity index is 900. The van der Waals surface area contributed by atoms with Crippen LogP contribution < -0.4 is 14.8 Å². The van der Waals surface area contributed by atoms with Crippen LogP contribution >= 0.6 is 0 Å². The lowest BCUT2D eigenvalue weighted by molar-refractivity contribution is -0.122. The van der Waals surface area contributed by atoms with Gasteiger partial charge in [-0.25, -0.2) is 0 Å². The van der Waals surface area contributed by atoms with E-state index in [1.807, 2.05) is 87.5 Å². The number of hydrogen-bond acceptors (Lipinski definition) is 3. The van der Waals surface area contributed by atoms with Crippen LogP contribution in [0.15, 0.2) is 72.8 Å². The minimum Gasteiger partial charge on any atom is -0.481 e. The van der Waals surface area contributed by atoms with Crippen molar-refractivity contribution in [2.24, 2.45) is 0 Å². The number of anilines is 1. The topological polar surface area (TPSA) is 47.6 Å². The number of hydrogen-bond donors (Lipinski definition) is 1. The number of nitrogens with one attached hydrogen (secondary N) is 1. The first kappa shape index (κ1) is 19.5. The molecular weight excluding hydrogens is 350 g/mol. The van der Waals surface area contributed by atoms with Gasteiger partial charge in [0.2, 0.25) is 0 Å². The second-order valence-electron chi connectivity index (χ2n) is 6.77. The van der Waals surface area contributed by atoms with Gasteiger partial charge in [-0.15, -0.1) is 0 Å². The predicted molar refractivity (Wildman–Crippen MR) is 112 cm³/mol. The number of para-hydroxylation sites is 1. The smallest absolute Gasteiger partial charge is 0.265 e. The second kappa shape index (κ2) is 9.09. The fourth-order valence-corrected chi connectivity index (χ4v) is 2.94. The van der Waals surface area contributed by atoms with Crippen LogP contribution in [0.4, 0.5) is 5.69 Å². The summed E-state index contributed by atoms with van der Waals surface area (Å²) >= 11 is 0. The molecule has 28 heavy (non-hydrogen) atoms. The van der Waals surface area contributed by atoms with Crippen molar-refractivity contribution in [3.8, 4) is 17.2 Å². The molecule has 0 saturated heterocycles. The van der Waals surface area contributed by atoms with Gasteiger partial charge in [0.05, 0.1) is 0 Å². The third-order valence-electron chi connectivity index (χ3n) is 4.24. The molecule has 0 unspecified atom stereocenters. The molecule has 0 bridgehead atoms. The monoisotopic (exact) mass is 375 g/mol. The Morgan fingerprint density at radius 1 is 0.857 bits per heavy atom. The fourth-order valence-electron chi connectivity index (χ4n) is 2.94. The molecule has 0 saturated carbocycles.